The molecule has 1 atom stereocenters. The number of carbonyl (C=O) groups is 4. The molecule has 0 aliphatic carbocycles. The molecule has 0 radical (unpaired) electrons. The van der Waals surface area contributed by atoms with Crippen LogP contribution in [0.15, 0.2) is 54.6 Å². The minimum absolute atomic E-state index is 0.0993. The molecule has 27 heavy (non-hydrogen) atoms. The van der Waals surface area contributed by atoms with Crippen LogP contribution in [-0.2, 0) is 14.4 Å². The van der Waals surface area contributed by atoms with Gasteiger partial charge in [-0.2, -0.15) is 0 Å². The van der Waals surface area contributed by atoms with E-state index in [9.17, 15) is 19.2 Å². The Balaban J connectivity index is 1.67. The van der Waals surface area contributed by atoms with E-state index in [4.69, 9.17) is 9.47 Å². The van der Waals surface area contributed by atoms with Crippen molar-refractivity contribution in [1.29, 1.82) is 0 Å². The molecule has 7 heteroatoms. The number of ether oxygens (including phenoxy) is 2. The molecule has 0 saturated heterocycles. The molecule has 2 aromatic carbocycles. The Morgan fingerprint density at radius 2 is 1.78 bits per heavy atom. The Morgan fingerprint density at radius 3 is 2.48 bits per heavy atom. The molecule has 2 aromatic rings. The average molecular weight is 365 g/mol. The molecule has 0 saturated carbocycles. The van der Waals surface area contributed by atoms with E-state index in [1.54, 1.807) is 43.5 Å². The van der Waals surface area contributed by atoms with Crippen LogP contribution < -0.4 is 14.8 Å². The lowest BCUT2D eigenvalue weighted by atomic mass is 9.93. The van der Waals surface area contributed by atoms with Gasteiger partial charge in [0.1, 0.15) is 11.5 Å². The molecule has 1 aliphatic rings. The first-order valence-corrected chi connectivity index (χ1v) is 8.01. The summed E-state index contributed by atoms with van der Waals surface area (Å²) in [5.41, 5.74) is 0.832. The largest absolute Gasteiger partial charge is 0.497 e. The maximum absolute atomic E-state index is 12.4. The first kappa shape index (κ1) is 18.1. The summed E-state index contributed by atoms with van der Waals surface area (Å²) in [5, 5.41) is 2.02. The highest BCUT2D eigenvalue weighted by Crippen LogP contribution is 2.27. The third-order valence-corrected chi connectivity index (χ3v) is 3.91. The molecule has 1 unspecified atom stereocenters. The highest BCUT2D eigenvalue weighted by atomic mass is 16.5. The quantitative estimate of drug-likeness (QED) is 0.384. The Morgan fingerprint density at radius 1 is 1.07 bits per heavy atom. The zero-order valence-electron chi connectivity index (χ0n) is 14.3. The zero-order chi connectivity index (χ0) is 19.4. The van der Waals surface area contributed by atoms with Gasteiger partial charge in [0.2, 0.25) is 5.91 Å². The molecule has 1 heterocycles. The van der Waals surface area contributed by atoms with Crippen molar-refractivity contribution < 1.29 is 28.7 Å². The first-order chi connectivity index (χ1) is 13.0. The van der Waals surface area contributed by atoms with Gasteiger partial charge in [0, 0.05) is 6.08 Å². The third-order valence-electron chi connectivity index (χ3n) is 3.91. The van der Waals surface area contributed by atoms with Crippen LogP contribution in [0.4, 0.5) is 0 Å². The summed E-state index contributed by atoms with van der Waals surface area (Å²) in [6, 6.07) is 13.0. The van der Waals surface area contributed by atoms with Crippen molar-refractivity contribution in [3.8, 4) is 11.5 Å². The Labute approximate surface area is 154 Å². The van der Waals surface area contributed by atoms with Crippen LogP contribution in [0.25, 0.3) is 6.08 Å². The van der Waals surface area contributed by atoms with Crippen molar-refractivity contribution in [3.05, 3.63) is 65.7 Å². The first-order valence-electron chi connectivity index (χ1n) is 8.01. The van der Waals surface area contributed by atoms with Gasteiger partial charge in [0.15, 0.2) is 11.7 Å². The fourth-order valence-electron chi connectivity index (χ4n) is 2.54. The Kier molecular flexibility index (Phi) is 5.12. The van der Waals surface area contributed by atoms with Crippen molar-refractivity contribution in [2.75, 3.05) is 7.11 Å². The Hall–Kier alpha value is -3.74. The number of imide groups is 1. The predicted molar refractivity (Wildman–Crippen MR) is 95.1 cm³/mol. The van der Waals surface area contributed by atoms with E-state index >= 15 is 0 Å². The zero-order valence-corrected chi connectivity index (χ0v) is 14.3. The van der Waals surface area contributed by atoms with Crippen molar-refractivity contribution in [2.24, 2.45) is 5.92 Å². The van der Waals surface area contributed by atoms with E-state index in [-0.39, 0.29) is 11.3 Å². The van der Waals surface area contributed by atoms with Gasteiger partial charge in [0.25, 0.3) is 5.91 Å². The number of fused-ring (bicyclic) bond motifs is 1. The number of hydrogen-bond acceptors (Lipinski definition) is 6. The smallest absolute Gasteiger partial charge is 0.332 e. The van der Waals surface area contributed by atoms with Crippen molar-refractivity contribution >= 4 is 29.6 Å². The van der Waals surface area contributed by atoms with Crippen molar-refractivity contribution in [3.63, 3.8) is 0 Å². The van der Waals surface area contributed by atoms with E-state index in [1.807, 2.05) is 5.32 Å². The van der Waals surface area contributed by atoms with Crippen LogP contribution >= 0.6 is 0 Å². The highest BCUT2D eigenvalue weighted by molar-refractivity contribution is 6.27. The molecule has 0 bridgehead atoms. The minimum atomic E-state index is -1.71. The second-order valence-corrected chi connectivity index (χ2v) is 5.67. The lowest BCUT2D eigenvalue weighted by Gasteiger charge is -2.20. The number of benzene rings is 2. The topological polar surface area (TPSA) is 98.8 Å². The predicted octanol–water partition coefficient (Wildman–Crippen LogP) is 1.77. The monoisotopic (exact) mass is 365 g/mol. The molecule has 7 nitrogen and oxygen atoms in total. The maximum atomic E-state index is 12.4. The number of Topliss-reactive ketones (excluding diaryl/α,β-unsaturated/α-hetero) is 1. The number of nitrogens with one attached hydrogen (secondary N) is 1. The highest BCUT2D eigenvalue weighted by Gasteiger charge is 2.42. The standard InChI is InChI=1S/C20H15NO6/c1-26-13-9-6-12(7-10-13)8-11-16(22)21-19(24)17-18(23)14-4-2-3-5-15(14)27-20(17)25/h2-11,17H,1H3,(H,21,22,24)/b11-8+. The lowest BCUT2D eigenvalue weighted by Crippen LogP contribution is -2.46. The summed E-state index contributed by atoms with van der Waals surface area (Å²) < 4.78 is 10.0. The molecule has 0 aromatic heterocycles. The maximum Gasteiger partial charge on any atom is 0.332 e. The second kappa shape index (κ2) is 7.65. The molecule has 2 amide bonds. The summed E-state index contributed by atoms with van der Waals surface area (Å²) in [5.74, 6) is -4.43. The fourth-order valence-corrected chi connectivity index (χ4v) is 2.54. The van der Waals surface area contributed by atoms with Gasteiger partial charge < -0.3 is 9.47 Å². The van der Waals surface area contributed by atoms with Gasteiger partial charge in [-0.1, -0.05) is 24.3 Å². The molecule has 0 spiro atoms. The molecular formula is C20H15NO6. The number of hydrogen-bond donors (Lipinski definition) is 1. The van der Waals surface area contributed by atoms with Gasteiger partial charge in [-0.15, -0.1) is 0 Å². The molecule has 1 N–H and O–H groups in total. The molecule has 1 aliphatic heterocycles. The number of para-hydroxylation sites is 1. The molecule has 0 fully saturated rings. The van der Waals surface area contributed by atoms with Gasteiger partial charge in [-0.05, 0) is 35.9 Å². The van der Waals surface area contributed by atoms with Gasteiger partial charge >= 0.3 is 5.97 Å². The van der Waals surface area contributed by atoms with Crippen LogP contribution in [0.1, 0.15) is 15.9 Å². The summed E-state index contributed by atoms with van der Waals surface area (Å²) in [7, 11) is 1.54. The molecule has 3 rings (SSSR count). The second-order valence-electron chi connectivity index (χ2n) is 5.67. The number of carbonyl (C=O) groups excluding carboxylic acids is 4. The minimum Gasteiger partial charge on any atom is -0.497 e. The summed E-state index contributed by atoms with van der Waals surface area (Å²) in [6.07, 6.45) is 2.62. The number of esters is 1. The fraction of sp³-hybridized carbons (Fsp3) is 0.100. The SMILES string of the molecule is COc1ccc(/C=C/C(=O)NC(=O)C2C(=O)Oc3ccccc3C2=O)cc1. The third kappa shape index (κ3) is 3.92. The summed E-state index contributed by atoms with van der Waals surface area (Å²) in [6.45, 7) is 0. The summed E-state index contributed by atoms with van der Waals surface area (Å²) in [4.78, 5) is 48.5. The summed E-state index contributed by atoms with van der Waals surface area (Å²) >= 11 is 0. The van der Waals surface area contributed by atoms with Crippen LogP contribution in [0, 0.1) is 5.92 Å². The number of rotatable bonds is 4. The normalized spacial score (nSPS) is 15.8. The van der Waals surface area contributed by atoms with E-state index in [0.29, 0.717) is 11.3 Å². The van der Waals surface area contributed by atoms with Gasteiger partial charge in [-0.3, -0.25) is 24.5 Å². The van der Waals surface area contributed by atoms with E-state index < -0.39 is 29.5 Å². The van der Waals surface area contributed by atoms with Crippen LogP contribution in [-0.4, -0.2) is 30.7 Å². The van der Waals surface area contributed by atoms with Crippen LogP contribution in [0.5, 0.6) is 11.5 Å². The Bertz CT molecular complexity index is 945. The van der Waals surface area contributed by atoms with Crippen molar-refractivity contribution in [2.45, 2.75) is 0 Å². The average Bonchev–Trinajstić information content (AvgIpc) is 2.66. The number of ketones is 1. The van der Waals surface area contributed by atoms with E-state index in [2.05, 4.69) is 0 Å². The molecule has 136 valence electrons. The van der Waals surface area contributed by atoms with E-state index in [0.717, 1.165) is 6.08 Å². The van der Waals surface area contributed by atoms with Crippen LogP contribution in [0.2, 0.25) is 0 Å². The van der Waals surface area contributed by atoms with Gasteiger partial charge in [0.05, 0.1) is 12.7 Å². The number of amides is 2. The lowest BCUT2D eigenvalue weighted by molar-refractivity contribution is -0.143. The van der Waals surface area contributed by atoms with Gasteiger partial charge in [-0.25, -0.2) is 0 Å². The molecular weight excluding hydrogens is 350 g/mol. The van der Waals surface area contributed by atoms with E-state index in [1.165, 1.54) is 18.2 Å². The number of methoxy groups -OCH3 is 1. The van der Waals surface area contributed by atoms with Crippen molar-refractivity contribution in [1.82, 2.24) is 5.32 Å². The van der Waals surface area contributed by atoms with Crippen LogP contribution in [0.3, 0.4) is 0 Å².